The molecule has 2 atom stereocenters. The fourth-order valence-corrected chi connectivity index (χ4v) is 2.04. The number of unbranched alkanes of at least 4 members (excludes halogenated alkanes) is 2. The van der Waals surface area contributed by atoms with E-state index in [1.165, 1.54) is 12.1 Å². The van der Waals surface area contributed by atoms with Crippen LogP contribution in [0.3, 0.4) is 0 Å². The molecule has 0 spiro atoms. The smallest absolute Gasteiger partial charge is 0.236 e. The Kier molecular flexibility index (Phi) is 7.23. The van der Waals surface area contributed by atoms with E-state index in [0.717, 1.165) is 31.4 Å². The van der Waals surface area contributed by atoms with Gasteiger partial charge < -0.3 is 5.32 Å². The molecule has 112 valence electrons. The lowest BCUT2D eigenvalue weighted by Gasteiger charge is -2.20. The van der Waals surface area contributed by atoms with Crippen molar-refractivity contribution >= 4 is 5.91 Å². The van der Waals surface area contributed by atoms with E-state index in [1.807, 2.05) is 13.8 Å². The molecule has 3 nitrogen and oxygen atoms in total. The Morgan fingerprint density at radius 2 is 1.85 bits per heavy atom. The molecule has 0 aliphatic rings. The predicted molar refractivity (Wildman–Crippen MR) is 79.9 cm³/mol. The Hall–Kier alpha value is -1.42. The van der Waals surface area contributed by atoms with Crippen LogP contribution in [-0.2, 0) is 4.79 Å². The quantitative estimate of drug-likeness (QED) is 0.718. The van der Waals surface area contributed by atoms with Crippen molar-refractivity contribution in [2.75, 3.05) is 6.54 Å². The molecule has 1 unspecified atom stereocenters. The number of rotatable bonds is 8. The van der Waals surface area contributed by atoms with Crippen molar-refractivity contribution in [2.24, 2.45) is 0 Å². The first-order valence-corrected chi connectivity index (χ1v) is 7.33. The van der Waals surface area contributed by atoms with Gasteiger partial charge in [-0.05, 0) is 38.0 Å². The van der Waals surface area contributed by atoms with Gasteiger partial charge in [0.2, 0.25) is 5.91 Å². The number of benzene rings is 1. The molecule has 0 saturated carbocycles. The lowest BCUT2D eigenvalue weighted by atomic mass is 10.1. The van der Waals surface area contributed by atoms with Crippen LogP contribution in [0.5, 0.6) is 0 Å². The van der Waals surface area contributed by atoms with Gasteiger partial charge in [0, 0.05) is 12.6 Å². The molecule has 1 amide bonds. The first kappa shape index (κ1) is 16.6. The normalized spacial score (nSPS) is 13.8. The summed E-state index contributed by atoms with van der Waals surface area (Å²) < 4.78 is 12.9. The van der Waals surface area contributed by atoms with Crippen LogP contribution in [0.25, 0.3) is 0 Å². The zero-order valence-electron chi connectivity index (χ0n) is 12.6. The molecular formula is C16H25FN2O. The van der Waals surface area contributed by atoms with E-state index >= 15 is 0 Å². The molecule has 0 heterocycles. The second kappa shape index (κ2) is 8.69. The molecule has 0 aliphatic carbocycles. The van der Waals surface area contributed by atoms with Gasteiger partial charge in [0.15, 0.2) is 0 Å². The van der Waals surface area contributed by atoms with E-state index < -0.39 is 0 Å². The van der Waals surface area contributed by atoms with Crippen LogP contribution in [0.2, 0.25) is 0 Å². The third-order valence-electron chi connectivity index (χ3n) is 3.34. The number of nitrogens with one attached hydrogen (secondary N) is 2. The van der Waals surface area contributed by atoms with Crippen molar-refractivity contribution in [1.82, 2.24) is 10.6 Å². The van der Waals surface area contributed by atoms with Gasteiger partial charge in [0.05, 0.1) is 6.04 Å². The molecule has 0 aliphatic heterocycles. The Morgan fingerprint density at radius 3 is 2.45 bits per heavy atom. The Balaban J connectivity index is 2.38. The summed E-state index contributed by atoms with van der Waals surface area (Å²) in [6.45, 7) is 6.67. The van der Waals surface area contributed by atoms with Crippen LogP contribution < -0.4 is 10.6 Å². The topological polar surface area (TPSA) is 41.1 Å². The maximum absolute atomic E-state index is 12.9. The molecular weight excluding hydrogens is 255 g/mol. The minimum absolute atomic E-state index is 0.00647. The summed E-state index contributed by atoms with van der Waals surface area (Å²) >= 11 is 0. The molecule has 0 saturated heterocycles. The van der Waals surface area contributed by atoms with E-state index in [0.29, 0.717) is 0 Å². The third-order valence-corrected chi connectivity index (χ3v) is 3.34. The first-order valence-electron chi connectivity index (χ1n) is 7.33. The number of carbonyl (C=O) groups excluding carboxylic acids is 1. The number of hydrogen-bond donors (Lipinski definition) is 2. The first-order chi connectivity index (χ1) is 9.54. The SMILES string of the molecule is CCCCCNC(=O)C(C)N[C@H](C)c1ccc(F)cc1. The standard InChI is InChI=1S/C16H25FN2O/c1-4-5-6-11-18-16(20)13(3)19-12(2)14-7-9-15(17)10-8-14/h7-10,12-13,19H,4-6,11H2,1-3H3,(H,18,20)/t12-,13?/m1/s1. The summed E-state index contributed by atoms with van der Waals surface area (Å²) in [4.78, 5) is 11.9. The van der Waals surface area contributed by atoms with Crippen LogP contribution in [0, 0.1) is 5.82 Å². The van der Waals surface area contributed by atoms with Gasteiger partial charge in [-0.2, -0.15) is 0 Å². The van der Waals surface area contributed by atoms with E-state index in [-0.39, 0.29) is 23.8 Å². The Labute approximate surface area is 121 Å². The molecule has 0 radical (unpaired) electrons. The Morgan fingerprint density at radius 1 is 1.20 bits per heavy atom. The third kappa shape index (κ3) is 5.70. The lowest BCUT2D eigenvalue weighted by molar-refractivity contribution is -0.122. The minimum atomic E-state index is -0.267. The molecule has 20 heavy (non-hydrogen) atoms. The van der Waals surface area contributed by atoms with Crippen molar-refractivity contribution in [3.8, 4) is 0 Å². The summed E-state index contributed by atoms with van der Waals surface area (Å²) in [7, 11) is 0. The fourth-order valence-electron chi connectivity index (χ4n) is 2.04. The minimum Gasteiger partial charge on any atom is -0.355 e. The predicted octanol–water partition coefficient (Wildman–Crippen LogP) is 3.17. The number of carbonyl (C=O) groups is 1. The van der Waals surface area contributed by atoms with Crippen molar-refractivity contribution in [3.05, 3.63) is 35.6 Å². The molecule has 2 N–H and O–H groups in total. The summed E-state index contributed by atoms with van der Waals surface area (Å²) in [5, 5.41) is 6.14. The fraction of sp³-hybridized carbons (Fsp3) is 0.562. The molecule has 1 aromatic rings. The van der Waals surface area contributed by atoms with Crippen molar-refractivity contribution in [1.29, 1.82) is 0 Å². The van der Waals surface area contributed by atoms with Gasteiger partial charge in [0.25, 0.3) is 0 Å². The van der Waals surface area contributed by atoms with Gasteiger partial charge in [-0.25, -0.2) is 4.39 Å². The maximum atomic E-state index is 12.9. The highest BCUT2D eigenvalue weighted by Gasteiger charge is 2.15. The van der Waals surface area contributed by atoms with Gasteiger partial charge in [-0.15, -0.1) is 0 Å². The van der Waals surface area contributed by atoms with Crippen LogP contribution >= 0.6 is 0 Å². The van der Waals surface area contributed by atoms with Crippen LogP contribution in [-0.4, -0.2) is 18.5 Å². The number of amides is 1. The molecule has 4 heteroatoms. The zero-order valence-corrected chi connectivity index (χ0v) is 12.6. The molecule has 0 bridgehead atoms. The van der Waals surface area contributed by atoms with E-state index in [4.69, 9.17) is 0 Å². The van der Waals surface area contributed by atoms with Crippen molar-refractivity contribution < 1.29 is 9.18 Å². The van der Waals surface area contributed by atoms with E-state index in [1.54, 1.807) is 12.1 Å². The Bertz CT molecular complexity index is 405. The molecule has 0 fully saturated rings. The highest BCUT2D eigenvalue weighted by molar-refractivity contribution is 5.81. The van der Waals surface area contributed by atoms with Crippen LogP contribution in [0.4, 0.5) is 4.39 Å². The average molecular weight is 280 g/mol. The zero-order chi connectivity index (χ0) is 15.0. The maximum Gasteiger partial charge on any atom is 0.236 e. The lowest BCUT2D eigenvalue weighted by Crippen LogP contribution is -2.43. The second-order valence-electron chi connectivity index (χ2n) is 5.16. The highest BCUT2D eigenvalue weighted by Crippen LogP contribution is 2.13. The van der Waals surface area contributed by atoms with Gasteiger partial charge >= 0.3 is 0 Å². The molecule has 0 aromatic heterocycles. The van der Waals surface area contributed by atoms with Crippen LogP contribution in [0.15, 0.2) is 24.3 Å². The van der Waals surface area contributed by atoms with E-state index in [9.17, 15) is 9.18 Å². The van der Waals surface area contributed by atoms with Gasteiger partial charge in [-0.1, -0.05) is 31.9 Å². The number of halogens is 1. The summed E-state index contributed by atoms with van der Waals surface area (Å²) in [6.07, 6.45) is 3.29. The monoisotopic (exact) mass is 280 g/mol. The van der Waals surface area contributed by atoms with Gasteiger partial charge in [-0.3, -0.25) is 10.1 Å². The highest BCUT2D eigenvalue weighted by atomic mass is 19.1. The summed E-state index contributed by atoms with van der Waals surface area (Å²) in [5.74, 6) is -0.238. The largest absolute Gasteiger partial charge is 0.355 e. The summed E-state index contributed by atoms with van der Waals surface area (Å²) in [5.41, 5.74) is 0.969. The van der Waals surface area contributed by atoms with E-state index in [2.05, 4.69) is 17.6 Å². The average Bonchev–Trinajstić information content (AvgIpc) is 2.44. The summed E-state index contributed by atoms with van der Waals surface area (Å²) in [6, 6.07) is 6.08. The van der Waals surface area contributed by atoms with Gasteiger partial charge in [0.1, 0.15) is 5.82 Å². The number of hydrogen-bond acceptors (Lipinski definition) is 2. The van der Waals surface area contributed by atoms with Crippen LogP contribution in [0.1, 0.15) is 51.6 Å². The second-order valence-corrected chi connectivity index (χ2v) is 5.16. The molecule has 1 rings (SSSR count). The van der Waals surface area contributed by atoms with Crippen molar-refractivity contribution in [2.45, 2.75) is 52.1 Å². The van der Waals surface area contributed by atoms with Crippen molar-refractivity contribution in [3.63, 3.8) is 0 Å². The molecule has 1 aromatic carbocycles.